The summed E-state index contributed by atoms with van der Waals surface area (Å²) in [5.74, 6) is 0.883. The minimum atomic E-state index is -0.538. The Labute approximate surface area is 126 Å². The van der Waals surface area contributed by atoms with Crippen molar-refractivity contribution < 1.29 is 5.11 Å². The second-order valence-corrected chi connectivity index (χ2v) is 5.84. The van der Waals surface area contributed by atoms with E-state index >= 15 is 0 Å². The van der Waals surface area contributed by atoms with Gasteiger partial charge in [0, 0.05) is 30.3 Å². The van der Waals surface area contributed by atoms with Gasteiger partial charge in [-0.05, 0) is 34.5 Å². The van der Waals surface area contributed by atoms with E-state index in [1.165, 1.54) is 0 Å². The van der Waals surface area contributed by atoms with Crippen LogP contribution >= 0.6 is 15.9 Å². The van der Waals surface area contributed by atoms with E-state index in [9.17, 15) is 5.11 Å². The molecule has 0 aliphatic heterocycles. The summed E-state index contributed by atoms with van der Waals surface area (Å²) in [6.45, 7) is 0. The van der Waals surface area contributed by atoms with Crippen molar-refractivity contribution in [3.8, 4) is 0 Å². The summed E-state index contributed by atoms with van der Waals surface area (Å²) in [4.78, 5) is 4.25. The van der Waals surface area contributed by atoms with Crippen LogP contribution in [-0.2, 0) is 13.5 Å². The van der Waals surface area contributed by atoms with Gasteiger partial charge in [0.25, 0.3) is 0 Å². The summed E-state index contributed by atoms with van der Waals surface area (Å²) in [5.41, 5.74) is 0.919. The molecule has 1 heterocycles. The Morgan fingerprint density at radius 3 is 2.70 bits per heavy atom. The third-order valence-electron chi connectivity index (χ3n) is 3.51. The van der Waals surface area contributed by atoms with E-state index in [1.54, 1.807) is 6.20 Å². The number of nitrogens with zero attached hydrogens (tertiary/aromatic N) is 2. The number of aryl methyl sites for hydroxylation is 1. The van der Waals surface area contributed by atoms with Gasteiger partial charge in [-0.1, -0.05) is 34.1 Å². The highest BCUT2D eigenvalue weighted by Gasteiger charge is 2.12. The molecule has 3 rings (SSSR count). The van der Waals surface area contributed by atoms with Crippen LogP contribution in [0.5, 0.6) is 0 Å². The van der Waals surface area contributed by atoms with E-state index < -0.39 is 6.10 Å². The van der Waals surface area contributed by atoms with E-state index in [2.05, 4.69) is 33.0 Å². The number of imidazole rings is 1. The number of hydrogen-bond acceptors (Lipinski definition) is 2. The average Bonchev–Trinajstić information content (AvgIpc) is 2.83. The molecule has 0 aliphatic rings. The van der Waals surface area contributed by atoms with Crippen molar-refractivity contribution in [1.29, 1.82) is 0 Å². The van der Waals surface area contributed by atoms with Crippen molar-refractivity contribution in [1.82, 2.24) is 9.55 Å². The first-order valence-electron chi connectivity index (χ1n) is 6.47. The molecule has 1 atom stereocenters. The largest absolute Gasteiger partial charge is 0.388 e. The van der Waals surface area contributed by atoms with Gasteiger partial charge in [-0.15, -0.1) is 0 Å². The monoisotopic (exact) mass is 330 g/mol. The molecule has 0 bridgehead atoms. The van der Waals surface area contributed by atoms with Crippen molar-refractivity contribution >= 4 is 26.7 Å². The summed E-state index contributed by atoms with van der Waals surface area (Å²) in [6, 6.07) is 12.2. The summed E-state index contributed by atoms with van der Waals surface area (Å²) < 4.78 is 2.99. The van der Waals surface area contributed by atoms with E-state index in [4.69, 9.17) is 0 Å². The molecule has 0 radical (unpaired) electrons. The maximum atomic E-state index is 10.4. The molecule has 4 heteroatoms. The van der Waals surface area contributed by atoms with E-state index in [0.29, 0.717) is 6.42 Å². The van der Waals surface area contributed by atoms with Gasteiger partial charge in [0.05, 0.1) is 6.10 Å². The number of aliphatic hydroxyl groups excluding tert-OH is 1. The Morgan fingerprint density at radius 1 is 1.20 bits per heavy atom. The van der Waals surface area contributed by atoms with Gasteiger partial charge < -0.3 is 9.67 Å². The highest BCUT2D eigenvalue weighted by Crippen LogP contribution is 2.25. The number of hydrogen-bond donors (Lipinski definition) is 1. The van der Waals surface area contributed by atoms with Gasteiger partial charge in [0.2, 0.25) is 0 Å². The number of rotatable bonds is 3. The molecule has 3 aromatic rings. The van der Waals surface area contributed by atoms with Crippen LogP contribution in [0.2, 0.25) is 0 Å². The van der Waals surface area contributed by atoms with Gasteiger partial charge in [-0.3, -0.25) is 0 Å². The standard InChI is InChI=1S/C16H15BrN2O/c1-19-7-6-18-16(19)10-15(20)13-3-2-12-9-14(17)5-4-11(12)8-13/h2-9,15,20H,10H2,1H3. The fourth-order valence-corrected chi connectivity index (χ4v) is 2.71. The zero-order valence-corrected chi connectivity index (χ0v) is 12.7. The first-order valence-corrected chi connectivity index (χ1v) is 7.26. The Balaban J connectivity index is 1.90. The summed E-state index contributed by atoms with van der Waals surface area (Å²) in [6.07, 6.45) is 3.62. The van der Waals surface area contributed by atoms with Crippen LogP contribution in [0.4, 0.5) is 0 Å². The van der Waals surface area contributed by atoms with Gasteiger partial charge in [0.15, 0.2) is 0 Å². The van der Waals surface area contributed by atoms with Crippen LogP contribution in [0.1, 0.15) is 17.5 Å². The third kappa shape index (κ3) is 2.62. The Kier molecular flexibility index (Phi) is 3.59. The number of aliphatic hydroxyl groups is 1. The summed E-state index contributed by atoms with van der Waals surface area (Å²) >= 11 is 3.47. The molecular formula is C16H15BrN2O. The highest BCUT2D eigenvalue weighted by molar-refractivity contribution is 9.10. The maximum Gasteiger partial charge on any atom is 0.111 e. The number of halogens is 1. The summed E-state index contributed by atoms with van der Waals surface area (Å²) in [5, 5.41) is 12.7. The smallest absolute Gasteiger partial charge is 0.111 e. The van der Waals surface area contributed by atoms with Gasteiger partial charge in [-0.2, -0.15) is 0 Å². The quantitative estimate of drug-likeness (QED) is 0.796. The fraction of sp³-hybridized carbons (Fsp3) is 0.188. The average molecular weight is 331 g/mol. The van der Waals surface area contributed by atoms with E-state index in [0.717, 1.165) is 26.6 Å². The number of benzene rings is 2. The Hall–Kier alpha value is -1.65. The molecule has 0 saturated heterocycles. The van der Waals surface area contributed by atoms with Crippen LogP contribution < -0.4 is 0 Å². The predicted molar refractivity (Wildman–Crippen MR) is 83.5 cm³/mol. The van der Waals surface area contributed by atoms with Gasteiger partial charge in [-0.25, -0.2) is 4.98 Å². The Morgan fingerprint density at radius 2 is 1.95 bits per heavy atom. The van der Waals surface area contributed by atoms with Crippen molar-refractivity contribution in [2.75, 3.05) is 0 Å². The van der Waals surface area contributed by atoms with Crippen LogP contribution in [0.15, 0.2) is 53.3 Å². The maximum absolute atomic E-state index is 10.4. The lowest BCUT2D eigenvalue weighted by Gasteiger charge is -2.12. The number of aromatic nitrogens is 2. The molecule has 102 valence electrons. The van der Waals surface area contributed by atoms with Crippen molar-refractivity contribution in [3.63, 3.8) is 0 Å². The predicted octanol–water partition coefficient (Wildman–Crippen LogP) is 3.61. The molecule has 0 fully saturated rings. The lowest BCUT2D eigenvalue weighted by molar-refractivity contribution is 0.175. The second-order valence-electron chi connectivity index (χ2n) is 4.93. The first kappa shape index (κ1) is 13.3. The normalized spacial score (nSPS) is 12.8. The van der Waals surface area contributed by atoms with Crippen LogP contribution in [-0.4, -0.2) is 14.7 Å². The van der Waals surface area contributed by atoms with Crippen molar-refractivity contribution in [2.45, 2.75) is 12.5 Å². The molecule has 2 aromatic carbocycles. The molecule has 0 saturated carbocycles. The third-order valence-corrected chi connectivity index (χ3v) is 4.00. The van der Waals surface area contributed by atoms with Gasteiger partial charge in [0.1, 0.15) is 5.82 Å². The van der Waals surface area contributed by atoms with Crippen molar-refractivity contribution in [3.05, 3.63) is 64.7 Å². The lowest BCUT2D eigenvalue weighted by atomic mass is 10.0. The molecule has 1 aromatic heterocycles. The molecule has 3 nitrogen and oxygen atoms in total. The minimum absolute atomic E-state index is 0.519. The molecule has 0 spiro atoms. The number of fused-ring (bicyclic) bond motifs is 1. The molecule has 20 heavy (non-hydrogen) atoms. The topological polar surface area (TPSA) is 38.0 Å². The van der Waals surface area contributed by atoms with Crippen LogP contribution in [0, 0.1) is 0 Å². The van der Waals surface area contributed by atoms with Crippen LogP contribution in [0.3, 0.4) is 0 Å². The molecular weight excluding hydrogens is 316 g/mol. The SMILES string of the molecule is Cn1ccnc1CC(O)c1ccc2cc(Br)ccc2c1. The second kappa shape index (κ2) is 5.38. The molecule has 1 unspecified atom stereocenters. The zero-order valence-electron chi connectivity index (χ0n) is 11.1. The Bertz CT molecular complexity index is 751. The van der Waals surface area contributed by atoms with E-state index in [-0.39, 0.29) is 0 Å². The van der Waals surface area contributed by atoms with E-state index in [1.807, 2.05) is 42.1 Å². The summed E-state index contributed by atoms with van der Waals surface area (Å²) in [7, 11) is 1.94. The van der Waals surface area contributed by atoms with Crippen molar-refractivity contribution in [2.24, 2.45) is 7.05 Å². The first-order chi connectivity index (χ1) is 9.63. The fourth-order valence-electron chi connectivity index (χ4n) is 2.33. The zero-order chi connectivity index (χ0) is 14.1. The molecule has 1 N–H and O–H groups in total. The van der Waals surface area contributed by atoms with Crippen LogP contribution in [0.25, 0.3) is 10.8 Å². The minimum Gasteiger partial charge on any atom is -0.388 e. The molecule has 0 aliphatic carbocycles. The van der Waals surface area contributed by atoms with Gasteiger partial charge >= 0.3 is 0 Å². The lowest BCUT2D eigenvalue weighted by Crippen LogP contribution is -2.06. The molecule has 0 amide bonds. The highest BCUT2D eigenvalue weighted by atomic mass is 79.9.